The summed E-state index contributed by atoms with van der Waals surface area (Å²) in [7, 11) is 0. The predicted octanol–water partition coefficient (Wildman–Crippen LogP) is 1.29. The van der Waals surface area contributed by atoms with Crippen LogP contribution in [0.3, 0.4) is 0 Å². The van der Waals surface area contributed by atoms with Crippen LogP contribution in [0.15, 0.2) is 0 Å². The van der Waals surface area contributed by atoms with Crippen molar-refractivity contribution in [2.24, 2.45) is 17.6 Å². The summed E-state index contributed by atoms with van der Waals surface area (Å²) in [4.78, 5) is 25.0. The minimum Gasteiger partial charge on any atom is -0.369 e. The van der Waals surface area contributed by atoms with E-state index >= 15 is 0 Å². The zero-order chi connectivity index (χ0) is 12.3. The lowest BCUT2D eigenvalue weighted by atomic mass is 9.95. The summed E-state index contributed by atoms with van der Waals surface area (Å²) in [6.45, 7) is 1.42. The molecule has 0 unspecified atom stereocenters. The number of carbonyl (C=O) groups is 2. The minimum absolute atomic E-state index is 0.0227. The quantitative estimate of drug-likeness (QED) is 0.805. The molecule has 2 fully saturated rings. The summed E-state index contributed by atoms with van der Waals surface area (Å²) < 4.78 is 0. The second-order valence-electron chi connectivity index (χ2n) is 5.41. The zero-order valence-electron chi connectivity index (χ0n) is 10.4. The first-order chi connectivity index (χ1) is 8.16. The van der Waals surface area contributed by atoms with Crippen molar-refractivity contribution in [2.45, 2.75) is 44.9 Å². The molecule has 0 spiro atoms. The molecule has 17 heavy (non-hydrogen) atoms. The molecular weight excluding hydrogens is 216 g/mol. The number of amides is 2. The van der Waals surface area contributed by atoms with Gasteiger partial charge in [0.05, 0.1) is 0 Å². The molecule has 4 nitrogen and oxygen atoms in total. The summed E-state index contributed by atoms with van der Waals surface area (Å²) >= 11 is 0. The van der Waals surface area contributed by atoms with Crippen molar-refractivity contribution >= 4 is 11.8 Å². The average Bonchev–Trinajstić information content (AvgIpc) is 2.82. The third-order valence-corrected chi connectivity index (χ3v) is 4.19. The Morgan fingerprint density at radius 2 is 1.65 bits per heavy atom. The number of nitrogens with zero attached hydrogens (tertiary/aromatic N) is 1. The normalized spacial score (nSPS) is 22.9. The van der Waals surface area contributed by atoms with E-state index < -0.39 is 0 Å². The number of hydrogen-bond donors (Lipinski definition) is 1. The zero-order valence-corrected chi connectivity index (χ0v) is 10.4. The maximum atomic E-state index is 12.0. The average molecular weight is 238 g/mol. The third kappa shape index (κ3) is 3.20. The van der Waals surface area contributed by atoms with Crippen LogP contribution in [0, 0.1) is 11.8 Å². The van der Waals surface area contributed by atoms with Gasteiger partial charge in [-0.1, -0.05) is 12.8 Å². The van der Waals surface area contributed by atoms with Gasteiger partial charge in [-0.05, 0) is 31.6 Å². The minimum atomic E-state index is -0.215. The van der Waals surface area contributed by atoms with E-state index in [0.29, 0.717) is 25.4 Å². The van der Waals surface area contributed by atoms with Gasteiger partial charge < -0.3 is 10.6 Å². The van der Waals surface area contributed by atoms with Gasteiger partial charge in [0.2, 0.25) is 11.8 Å². The van der Waals surface area contributed by atoms with E-state index in [4.69, 9.17) is 5.73 Å². The molecule has 4 heteroatoms. The summed E-state index contributed by atoms with van der Waals surface area (Å²) in [5, 5.41) is 0. The van der Waals surface area contributed by atoms with Gasteiger partial charge in [-0.2, -0.15) is 0 Å². The van der Waals surface area contributed by atoms with Crippen molar-refractivity contribution in [1.82, 2.24) is 4.90 Å². The molecule has 2 aliphatic rings. The van der Waals surface area contributed by atoms with Crippen LogP contribution in [-0.2, 0) is 9.59 Å². The SMILES string of the molecule is NC(=O)C1CCN(C(=O)CC2CCCC2)CC1. The first-order valence-corrected chi connectivity index (χ1v) is 6.74. The molecular formula is C13H22N2O2. The Bertz CT molecular complexity index is 290. The van der Waals surface area contributed by atoms with E-state index in [9.17, 15) is 9.59 Å². The molecule has 0 atom stereocenters. The van der Waals surface area contributed by atoms with Crippen molar-refractivity contribution in [2.75, 3.05) is 13.1 Å². The van der Waals surface area contributed by atoms with Crippen LogP contribution in [0.2, 0.25) is 0 Å². The van der Waals surface area contributed by atoms with Gasteiger partial charge in [0.1, 0.15) is 0 Å². The van der Waals surface area contributed by atoms with Crippen LogP contribution in [-0.4, -0.2) is 29.8 Å². The largest absolute Gasteiger partial charge is 0.369 e. The lowest BCUT2D eigenvalue weighted by molar-refractivity contribution is -0.135. The smallest absolute Gasteiger partial charge is 0.222 e. The number of hydrogen-bond acceptors (Lipinski definition) is 2. The number of carbonyl (C=O) groups excluding carboxylic acids is 2. The predicted molar refractivity (Wildman–Crippen MR) is 65.1 cm³/mol. The van der Waals surface area contributed by atoms with Crippen LogP contribution in [0.5, 0.6) is 0 Å². The van der Waals surface area contributed by atoms with Gasteiger partial charge in [-0.25, -0.2) is 0 Å². The number of nitrogens with two attached hydrogens (primary N) is 1. The van der Waals surface area contributed by atoms with E-state index in [0.717, 1.165) is 12.8 Å². The van der Waals surface area contributed by atoms with E-state index in [1.807, 2.05) is 4.90 Å². The molecule has 96 valence electrons. The Labute approximate surface area is 103 Å². The maximum Gasteiger partial charge on any atom is 0.222 e. The highest BCUT2D eigenvalue weighted by Gasteiger charge is 2.27. The van der Waals surface area contributed by atoms with Crippen molar-refractivity contribution < 1.29 is 9.59 Å². The number of primary amides is 1. The summed E-state index contributed by atoms with van der Waals surface area (Å²) in [6.07, 6.45) is 7.18. The van der Waals surface area contributed by atoms with Gasteiger partial charge in [0, 0.05) is 25.4 Å². The van der Waals surface area contributed by atoms with Crippen molar-refractivity contribution in [1.29, 1.82) is 0 Å². The lowest BCUT2D eigenvalue weighted by Crippen LogP contribution is -2.42. The molecule has 0 aromatic carbocycles. The molecule has 1 aliphatic carbocycles. The van der Waals surface area contributed by atoms with E-state index in [1.165, 1.54) is 25.7 Å². The Morgan fingerprint density at radius 1 is 1.06 bits per heavy atom. The fourth-order valence-corrected chi connectivity index (χ4v) is 3.00. The molecule has 0 aromatic heterocycles. The monoisotopic (exact) mass is 238 g/mol. The van der Waals surface area contributed by atoms with Crippen LogP contribution in [0.1, 0.15) is 44.9 Å². The van der Waals surface area contributed by atoms with Crippen molar-refractivity contribution in [3.63, 3.8) is 0 Å². The fourth-order valence-electron chi connectivity index (χ4n) is 3.00. The Hall–Kier alpha value is -1.06. The van der Waals surface area contributed by atoms with Crippen LogP contribution in [0.25, 0.3) is 0 Å². The lowest BCUT2D eigenvalue weighted by Gasteiger charge is -2.31. The Kier molecular flexibility index (Phi) is 4.02. The number of likely N-dealkylation sites (tertiary alicyclic amines) is 1. The second-order valence-corrected chi connectivity index (χ2v) is 5.41. The van der Waals surface area contributed by atoms with Gasteiger partial charge in [0.15, 0.2) is 0 Å². The van der Waals surface area contributed by atoms with Crippen molar-refractivity contribution in [3.05, 3.63) is 0 Å². The molecule has 2 rings (SSSR count). The van der Waals surface area contributed by atoms with Crippen molar-refractivity contribution in [3.8, 4) is 0 Å². The highest BCUT2D eigenvalue weighted by molar-refractivity contribution is 5.79. The van der Waals surface area contributed by atoms with Gasteiger partial charge in [-0.15, -0.1) is 0 Å². The van der Waals surface area contributed by atoms with E-state index in [-0.39, 0.29) is 17.7 Å². The molecule has 1 heterocycles. The van der Waals surface area contributed by atoms with Gasteiger partial charge >= 0.3 is 0 Å². The third-order valence-electron chi connectivity index (χ3n) is 4.19. The van der Waals surface area contributed by atoms with E-state index in [1.54, 1.807) is 0 Å². The summed E-state index contributed by atoms with van der Waals surface area (Å²) in [6, 6.07) is 0. The topological polar surface area (TPSA) is 63.4 Å². The van der Waals surface area contributed by atoms with Crippen LogP contribution < -0.4 is 5.73 Å². The highest BCUT2D eigenvalue weighted by Crippen LogP contribution is 2.28. The molecule has 2 amide bonds. The first kappa shape index (κ1) is 12.4. The van der Waals surface area contributed by atoms with Gasteiger partial charge in [0.25, 0.3) is 0 Å². The van der Waals surface area contributed by atoms with E-state index in [2.05, 4.69) is 0 Å². The van der Waals surface area contributed by atoms with Crippen LogP contribution >= 0.6 is 0 Å². The summed E-state index contributed by atoms with van der Waals surface area (Å²) in [5.74, 6) is 0.648. The standard InChI is InChI=1S/C13H22N2O2/c14-13(17)11-5-7-15(8-6-11)12(16)9-10-3-1-2-4-10/h10-11H,1-9H2,(H2,14,17). The molecule has 1 aliphatic heterocycles. The Balaban J connectivity index is 1.75. The number of piperidine rings is 1. The molecule has 1 saturated heterocycles. The first-order valence-electron chi connectivity index (χ1n) is 6.74. The number of rotatable bonds is 3. The molecule has 1 saturated carbocycles. The fraction of sp³-hybridized carbons (Fsp3) is 0.846. The molecule has 0 aromatic rings. The summed E-state index contributed by atoms with van der Waals surface area (Å²) in [5.41, 5.74) is 5.28. The Morgan fingerprint density at radius 3 is 2.18 bits per heavy atom. The van der Waals surface area contributed by atoms with Gasteiger partial charge in [-0.3, -0.25) is 9.59 Å². The maximum absolute atomic E-state index is 12.0. The molecule has 0 radical (unpaired) electrons. The highest BCUT2D eigenvalue weighted by atomic mass is 16.2. The second kappa shape index (κ2) is 5.52. The molecule has 2 N–H and O–H groups in total. The van der Waals surface area contributed by atoms with Crippen LogP contribution in [0.4, 0.5) is 0 Å². The molecule has 0 bridgehead atoms.